The predicted molar refractivity (Wildman–Crippen MR) is 54.2 cm³/mol. The second-order valence-electron chi connectivity index (χ2n) is 3.40. The van der Waals surface area contributed by atoms with Crippen LogP contribution in [0.3, 0.4) is 0 Å². The monoisotopic (exact) mass is 207 g/mol. The van der Waals surface area contributed by atoms with Crippen LogP contribution in [-0.2, 0) is 9.57 Å². The zero-order valence-corrected chi connectivity index (χ0v) is 8.31. The van der Waals surface area contributed by atoms with Gasteiger partial charge in [-0.15, -0.1) is 0 Å². The highest BCUT2D eigenvalue weighted by Gasteiger charge is 2.17. The van der Waals surface area contributed by atoms with E-state index in [4.69, 9.17) is 9.57 Å². The topological polar surface area (TPSA) is 47.6 Å². The normalized spacial score (nSPS) is 20.1. The lowest BCUT2D eigenvalue weighted by Crippen LogP contribution is -2.29. The molecule has 0 unspecified atom stereocenters. The Morgan fingerprint density at radius 3 is 2.87 bits per heavy atom. The van der Waals surface area contributed by atoms with Gasteiger partial charge in [0.05, 0.1) is 6.61 Å². The van der Waals surface area contributed by atoms with Crippen LogP contribution in [0.5, 0.6) is 0 Å². The Labute approximate surface area is 88.1 Å². The number of rotatable bonds is 3. The molecule has 4 nitrogen and oxygen atoms in total. The van der Waals surface area contributed by atoms with Crippen LogP contribution in [0.15, 0.2) is 30.3 Å². The van der Waals surface area contributed by atoms with Gasteiger partial charge in [-0.2, -0.15) is 0 Å². The molecule has 2 rings (SSSR count). The van der Waals surface area contributed by atoms with Gasteiger partial charge in [0.1, 0.15) is 6.10 Å². The first-order valence-corrected chi connectivity index (χ1v) is 4.95. The molecular formula is C11H13NO3. The fourth-order valence-corrected chi connectivity index (χ4v) is 1.39. The number of carbonyl (C=O) groups excluding carboxylic acids is 1. The van der Waals surface area contributed by atoms with Gasteiger partial charge in [-0.05, 0) is 12.1 Å². The Balaban J connectivity index is 1.82. The summed E-state index contributed by atoms with van der Waals surface area (Å²) in [4.78, 5) is 16.7. The molecular weight excluding hydrogens is 194 g/mol. The van der Waals surface area contributed by atoms with E-state index in [1.165, 1.54) is 0 Å². The summed E-state index contributed by atoms with van der Waals surface area (Å²) < 4.78 is 5.12. The van der Waals surface area contributed by atoms with Crippen LogP contribution in [0.2, 0.25) is 0 Å². The number of hydrogen-bond acceptors (Lipinski definition) is 3. The standard InChI is InChI=1S/C11H13NO3/c13-11(9-4-2-1-3-5-9)12-15-10-6-7-14-8-10/h1-5,10H,6-8H2,(H,12,13)/t10-/m0/s1. The second-order valence-corrected chi connectivity index (χ2v) is 3.40. The molecule has 0 spiro atoms. The van der Waals surface area contributed by atoms with Crippen LogP contribution < -0.4 is 5.48 Å². The van der Waals surface area contributed by atoms with Crippen LogP contribution in [0, 0.1) is 0 Å². The van der Waals surface area contributed by atoms with E-state index in [2.05, 4.69) is 5.48 Å². The number of amides is 1. The van der Waals surface area contributed by atoms with E-state index < -0.39 is 0 Å². The third kappa shape index (κ3) is 2.78. The Morgan fingerprint density at radius 1 is 1.40 bits per heavy atom. The number of hydroxylamine groups is 1. The van der Waals surface area contributed by atoms with Crippen molar-refractivity contribution in [3.05, 3.63) is 35.9 Å². The zero-order valence-electron chi connectivity index (χ0n) is 8.31. The van der Waals surface area contributed by atoms with E-state index in [1.807, 2.05) is 18.2 Å². The minimum Gasteiger partial charge on any atom is -0.379 e. The molecule has 1 amide bonds. The SMILES string of the molecule is O=C(NO[C@H]1CCOC1)c1ccccc1. The van der Waals surface area contributed by atoms with Crippen molar-refractivity contribution in [1.29, 1.82) is 0 Å². The summed E-state index contributed by atoms with van der Waals surface area (Å²) in [5.41, 5.74) is 3.02. The minimum atomic E-state index is -0.220. The van der Waals surface area contributed by atoms with Crippen molar-refractivity contribution in [2.75, 3.05) is 13.2 Å². The second kappa shape index (κ2) is 4.91. The molecule has 0 bridgehead atoms. The summed E-state index contributed by atoms with van der Waals surface area (Å²) in [5, 5.41) is 0. The van der Waals surface area contributed by atoms with Gasteiger partial charge in [0.2, 0.25) is 0 Å². The van der Waals surface area contributed by atoms with Gasteiger partial charge in [-0.25, -0.2) is 5.48 Å². The van der Waals surface area contributed by atoms with Gasteiger partial charge < -0.3 is 4.74 Å². The third-order valence-corrected chi connectivity index (χ3v) is 2.24. The smallest absolute Gasteiger partial charge is 0.274 e. The van der Waals surface area contributed by atoms with E-state index in [0.717, 1.165) is 6.42 Å². The predicted octanol–water partition coefficient (Wildman–Crippen LogP) is 1.14. The zero-order chi connectivity index (χ0) is 10.5. The summed E-state index contributed by atoms with van der Waals surface area (Å²) in [6, 6.07) is 8.97. The molecule has 1 atom stereocenters. The fourth-order valence-electron chi connectivity index (χ4n) is 1.39. The van der Waals surface area contributed by atoms with Crippen LogP contribution in [0.25, 0.3) is 0 Å². The molecule has 1 aliphatic heterocycles. The van der Waals surface area contributed by atoms with Crippen molar-refractivity contribution in [2.45, 2.75) is 12.5 Å². The van der Waals surface area contributed by atoms with Crippen molar-refractivity contribution in [3.8, 4) is 0 Å². The van der Waals surface area contributed by atoms with Crippen molar-refractivity contribution in [1.82, 2.24) is 5.48 Å². The molecule has 80 valence electrons. The van der Waals surface area contributed by atoms with E-state index in [1.54, 1.807) is 12.1 Å². The summed E-state index contributed by atoms with van der Waals surface area (Å²) in [5.74, 6) is -0.220. The van der Waals surface area contributed by atoms with Gasteiger partial charge in [-0.1, -0.05) is 18.2 Å². The molecule has 0 aromatic heterocycles. The van der Waals surface area contributed by atoms with Crippen LogP contribution >= 0.6 is 0 Å². The van der Waals surface area contributed by atoms with Gasteiger partial charge in [-0.3, -0.25) is 9.63 Å². The lowest BCUT2D eigenvalue weighted by atomic mass is 10.2. The molecule has 1 aromatic carbocycles. The molecule has 0 radical (unpaired) electrons. The lowest BCUT2D eigenvalue weighted by Gasteiger charge is -2.09. The Hall–Kier alpha value is -1.39. The largest absolute Gasteiger partial charge is 0.379 e. The number of benzene rings is 1. The molecule has 1 aromatic rings. The highest BCUT2D eigenvalue weighted by atomic mass is 16.7. The first-order chi connectivity index (χ1) is 7.36. The summed E-state index contributed by atoms with van der Waals surface area (Å²) >= 11 is 0. The number of carbonyl (C=O) groups is 1. The molecule has 1 aliphatic rings. The molecule has 15 heavy (non-hydrogen) atoms. The highest BCUT2D eigenvalue weighted by Crippen LogP contribution is 2.07. The summed E-state index contributed by atoms with van der Waals surface area (Å²) in [6.07, 6.45) is 0.812. The molecule has 1 saturated heterocycles. The first kappa shape index (κ1) is 10.1. The molecule has 4 heteroatoms. The van der Waals surface area contributed by atoms with Crippen molar-refractivity contribution in [3.63, 3.8) is 0 Å². The Bertz CT molecular complexity index is 320. The molecule has 1 fully saturated rings. The van der Waals surface area contributed by atoms with E-state index >= 15 is 0 Å². The minimum absolute atomic E-state index is 0.0161. The van der Waals surface area contributed by atoms with E-state index in [0.29, 0.717) is 18.8 Å². The maximum atomic E-state index is 11.5. The maximum Gasteiger partial charge on any atom is 0.274 e. The fraction of sp³-hybridized carbons (Fsp3) is 0.364. The molecule has 1 N–H and O–H groups in total. The number of ether oxygens (including phenoxy) is 1. The summed E-state index contributed by atoms with van der Waals surface area (Å²) in [6.45, 7) is 1.25. The van der Waals surface area contributed by atoms with Crippen LogP contribution in [0.4, 0.5) is 0 Å². The van der Waals surface area contributed by atoms with Crippen molar-refractivity contribution in [2.24, 2.45) is 0 Å². The molecule has 0 saturated carbocycles. The molecule has 0 aliphatic carbocycles. The van der Waals surface area contributed by atoms with E-state index in [9.17, 15) is 4.79 Å². The van der Waals surface area contributed by atoms with Crippen LogP contribution in [0.1, 0.15) is 16.8 Å². The van der Waals surface area contributed by atoms with Gasteiger partial charge >= 0.3 is 0 Å². The average Bonchev–Trinajstić information content (AvgIpc) is 2.80. The highest BCUT2D eigenvalue weighted by molar-refractivity contribution is 5.93. The quantitative estimate of drug-likeness (QED) is 0.756. The van der Waals surface area contributed by atoms with E-state index in [-0.39, 0.29) is 12.0 Å². The van der Waals surface area contributed by atoms with Gasteiger partial charge in [0, 0.05) is 18.6 Å². The van der Waals surface area contributed by atoms with Gasteiger partial charge in [0.15, 0.2) is 0 Å². The number of nitrogens with one attached hydrogen (secondary N) is 1. The lowest BCUT2D eigenvalue weighted by molar-refractivity contribution is -0.0187. The van der Waals surface area contributed by atoms with Crippen molar-refractivity contribution >= 4 is 5.91 Å². The molecule has 1 heterocycles. The number of hydrogen-bond donors (Lipinski definition) is 1. The average molecular weight is 207 g/mol. The van der Waals surface area contributed by atoms with Crippen LogP contribution in [-0.4, -0.2) is 25.2 Å². The first-order valence-electron chi connectivity index (χ1n) is 4.95. The summed E-state index contributed by atoms with van der Waals surface area (Å²) in [7, 11) is 0. The Morgan fingerprint density at radius 2 is 2.20 bits per heavy atom. The van der Waals surface area contributed by atoms with Crippen molar-refractivity contribution < 1.29 is 14.4 Å². The Kier molecular flexibility index (Phi) is 3.32. The maximum absolute atomic E-state index is 11.5. The van der Waals surface area contributed by atoms with Gasteiger partial charge in [0.25, 0.3) is 5.91 Å². The third-order valence-electron chi connectivity index (χ3n) is 2.24.